The molecule has 0 saturated heterocycles. The van der Waals surface area contributed by atoms with Crippen LogP contribution in [-0.4, -0.2) is 20.7 Å². The normalized spacial score (nSPS) is 12.9. The molecule has 1 heterocycles. The van der Waals surface area contributed by atoms with Crippen LogP contribution in [0, 0.1) is 0 Å². The summed E-state index contributed by atoms with van der Waals surface area (Å²) in [7, 11) is 1.69. The van der Waals surface area contributed by atoms with Crippen LogP contribution in [0.15, 0.2) is 30.6 Å². The maximum absolute atomic E-state index is 13.0. The van der Waals surface area contributed by atoms with E-state index >= 15 is 0 Å². The molecule has 0 spiro atoms. The monoisotopic (exact) mass is 326 g/mol. The van der Waals surface area contributed by atoms with Crippen molar-refractivity contribution < 1.29 is 18.0 Å². The third kappa shape index (κ3) is 4.08. The number of hydrogen-bond donors (Lipinski definition) is 1. The first kappa shape index (κ1) is 17.0. The van der Waals surface area contributed by atoms with Crippen LogP contribution in [0.5, 0.6) is 0 Å². The van der Waals surface area contributed by atoms with Crippen LogP contribution in [0.4, 0.5) is 13.2 Å². The minimum Gasteiger partial charge on any atom is -0.346 e. The van der Waals surface area contributed by atoms with Gasteiger partial charge in [0.05, 0.1) is 18.0 Å². The average molecular weight is 326 g/mol. The van der Waals surface area contributed by atoms with Crippen molar-refractivity contribution >= 4 is 5.91 Å². The number of aromatic nitrogens is 3. The van der Waals surface area contributed by atoms with Crippen molar-refractivity contribution in [2.75, 3.05) is 0 Å². The molecule has 124 valence electrons. The molecule has 23 heavy (non-hydrogen) atoms. The van der Waals surface area contributed by atoms with Gasteiger partial charge in [-0.05, 0) is 18.1 Å². The number of carbonyl (C=O) groups is 1. The second-order valence-corrected chi connectivity index (χ2v) is 5.10. The van der Waals surface area contributed by atoms with Gasteiger partial charge < -0.3 is 5.32 Å². The molecule has 1 unspecified atom stereocenters. The molecule has 2 aromatic rings. The van der Waals surface area contributed by atoms with Crippen molar-refractivity contribution in [2.45, 2.75) is 32.0 Å². The molecule has 1 aromatic heterocycles. The Bertz CT molecular complexity index is 681. The molecule has 8 heteroatoms. The fourth-order valence-electron chi connectivity index (χ4n) is 2.34. The fraction of sp³-hybridized carbons (Fsp3) is 0.400. The molecule has 0 bridgehead atoms. The quantitative estimate of drug-likeness (QED) is 0.919. The largest absolute Gasteiger partial charge is 0.416 e. The zero-order valence-electron chi connectivity index (χ0n) is 12.8. The maximum atomic E-state index is 13.0. The molecule has 1 aromatic carbocycles. The van der Waals surface area contributed by atoms with Gasteiger partial charge in [0, 0.05) is 7.05 Å². The van der Waals surface area contributed by atoms with Gasteiger partial charge in [-0.15, -0.1) is 0 Å². The topological polar surface area (TPSA) is 59.8 Å². The summed E-state index contributed by atoms with van der Waals surface area (Å²) in [5.74, 6) is 0.0708. The predicted octanol–water partition coefficient (Wildman–Crippen LogP) is 2.64. The molecular formula is C15H17F3N4O. The zero-order chi connectivity index (χ0) is 17.0. The number of benzene rings is 1. The standard InChI is InChI=1S/C15H17F3N4O/c1-3-12(14-19-9-20-22(14)2)21-13(23)8-10-6-4-5-7-11(10)15(16,17)18/h4-7,9,12H,3,8H2,1-2H3,(H,21,23). The highest BCUT2D eigenvalue weighted by Gasteiger charge is 2.33. The number of halogens is 3. The molecule has 5 nitrogen and oxygen atoms in total. The van der Waals surface area contributed by atoms with Crippen LogP contribution in [0.25, 0.3) is 0 Å². The first-order chi connectivity index (χ1) is 10.8. The van der Waals surface area contributed by atoms with Crippen LogP contribution in [0.3, 0.4) is 0 Å². The lowest BCUT2D eigenvalue weighted by Crippen LogP contribution is -2.31. The first-order valence-electron chi connectivity index (χ1n) is 7.11. The first-order valence-corrected chi connectivity index (χ1v) is 7.11. The zero-order valence-corrected chi connectivity index (χ0v) is 12.8. The highest BCUT2D eigenvalue weighted by molar-refractivity contribution is 5.79. The minimum atomic E-state index is -4.48. The lowest BCUT2D eigenvalue weighted by molar-refractivity contribution is -0.138. The van der Waals surface area contributed by atoms with Crippen LogP contribution >= 0.6 is 0 Å². The Morgan fingerprint density at radius 3 is 2.61 bits per heavy atom. The second-order valence-electron chi connectivity index (χ2n) is 5.10. The number of rotatable bonds is 5. The Labute approximate surface area is 131 Å². The lowest BCUT2D eigenvalue weighted by Gasteiger charge is -2.17. The van der Waals surface area contributed by atoms with Crippen molar-refractivity contribution in [1.82, 2.24) is 20.1 Å². The van der Waals surface area contributed by atoms with Gasteiger partial charge in [0.25, 0.3) is 0 Å². The number of amides is 1. The molecule has 0 fully saturated rings. The Kier molecular flexibility index (Phi) is 5.02. The van der Waals surface area contributed by atoms with Crippen molar-refractivity contribution in [3.63, 3.8) is 0 Å². The van der Waals surface area contributed by atoms with Crippen molar-refractivity contribution in [2.24, 2.45) is 7.05 Å². The minimum absolute atomic E-state index is 0.0506. The maximum Gasteiger partial charge on any atom is 0.416 e. The second kappa shape index (κ2) is 6.80. The van der Waals surface area contributed by atoms with E-state index < -0.39 is 23.7 Å². The molecule has 1 atom stereocenters. The van der Waals surface area contributed by atoms with Gasteiger partial charge in [-0.1, -0.05) is 25.1 Å². The highest BCUT2D eigenvalue weighted by Crippen LogP contribution is 2.32. The van der Waals surface area contributed by atoms with E-state index in [0.717, 1.165) is 6.07 Å². The summed E-state index contributed by atoms with van der Waals surface area (Å²) in [6.45, 7) is 1.85. The number of aryl methyl sites for hydroxylation is 1. The van der Waals surface area contributed by atoms with E-state index in [1.807, 2.05) is 6.92 Å². The average Bonchev–Trinajstić information content (AvgIpc) is 2.90. The summed E-state index contributed by atoms with van der Waals surface area (Å²) >= 11 is 0. The Hall–Kier alpha value is -2.38. The Balaban J connectivity index is 2.13. The van der Waals surface area contributed by atoms with Gasteiger partial charge in [-0.3, -0.25) is 9.48 Å². The van der Waals surface area contributed by atoms with E-state index in [0.29, 0.717) is 12.2 Å². The van der Waals surface area contributed by atoms with Crippen molar-refractivity contribution in [3.05, 3.63) is 47.5 Å². The van der Waals surface area contributed by atoms with E-state index in [2.05, 4.69) is 15.4 Å². The van der Waals surface area contributed by atoms with Gasteiger partial charge in [0.1, 0.15) is 12.2 Å². The summed E-state index contributed by atoms with van der Waals surface area (Å²) in [5, 5.41) is 6.64. The summed E-state index contributed by atoms with van der Waals surface area (Å²) in [6, 6.07) is 4.68. The fourth-order valence-corrected chi connectivity index (χ4v) is 2.34. The van der Waals surface area contributed by atoms with Crippen LogP contribution in [0.1, 0.15) is 36.3 Å². The van der Waals surface area contributed by atoms with E-state index in [1.54, 1.807) is 7.05 Å². The molecule has 0 aliphatic carbocycles. The molecule has 0 radical (unpaired) electrons. The van der Waals surface area contributed by atoms with Gasteiger partial charge in [0.2, 0.25) is 5.91 Å². The summed E-state index contributed by atoms with van der Waals surface area (Å²) < 4.78 is 40.4. The van der Waals surface area contributed by atoms with Gasteiger partial charge in [0.15, 0.2) is 0 Å². The smallest absolute Gasteiger partial charge is 0.346 e. The van der Waals surface area contributed by atoms with Crippen LogP contribution < -0.4 is 5.32 Å². The van der Waals surface area contributed by atoms with Crippen molar-refractivity contribution in [3.8, 4) is 0 Å². The summed E-state index contributed by atoms with van der Waals surface area (Å²) in [5.41, 5.74) is -0.841. The lowest BCUT2D eigenvalue weighted by atomic mass is 10.0. The van der Waals surface area contributed by atoms with Crippen LogP contribution in [0.2, 0.25) is 0 Å². The third-order valence-corrected chi connectivity index (χ3v) is 3.48. The molecule has 1 amide bonds. The highest BCUT2D eigenvalue weighted by atomic mass is 19.4. The van der Waals surface area contributed by atoms with E-state index in [-0.39, 0.29) is 12.0 Å². The van der Waals surface area contributed by atoms with Crippen molar-refractivity contribution in [1.29, 1.82) is 0 Å². The third-order valence-electron chi connectivity index (χ3n) is 3.48. The SMILES string of the molecule is CCC(NC(=O)Cc1ccccc1C(F)(F)F)c1ncnn1C. The molecule has 0 aliphatic rings. The number of alkyl halides is 3. The Morgan fingerprint density at radius 2 is 2.04 bits per heavy atom. The van der Waals surface area contributed by atoms with E-state index in [9.17, 15) is 18.0 Å². The van der Waals surface area contributed by atoms with Crippen LogP contribution in [-0.2, 0) is 24.4 Å². The van der Waals surface area contributed by atoms with Gasteiger partial charge >= 0.3 is 6.18 Å². The summed E-state index contributed by atoms with van der Waals surface area (Å²) in [4.78, 5) is 16.2. The van der Waals surface area contributed by atoms with Gasteiger partial charge in [-0.2, -0.15) is 18.3 Å². The molecule has 0 saturated carbocycles. The Morgan fingerprint density at radius 1 is 1.35 bits per heavy atom. The van der Waals surface area contributed by atoms with Gasteiger partial charge in [-0.25, -0.2) is 4.98 Å². The number of nitrogens with one attached hydrogen (secondary N) is 1. The number of carbonyl (C=O) groups excluding carboxylic acids is 1. The van der Waals surface area contributed by atoms with E-state index in [4.69, 9.17) is 0 Å². The summed E-state index contributed by atoms with van der Waals surface area (Å²) in [6.07, 6.45) is -2.91. The number of nitrogens with zero attached hydrogens (tertiary/aromatic N) is 3. The van der Waals surface area contributed by atoms with E-state index in [1.165, 1.54) is 29.2 Å². The molecule has 1 N–H and O–H groups in total. The molecule has 2 rings (SSSR count). The molecular weight excluding hydrogens is 309 g/mol. The molecule has 0 aliphatic heterocycles. The predicted molar refractivity (Wildman–Crippen MR) is 77.3 cm³/mol. The number of hydrogen-bond acceptors (Lipinski definition) is 3.